The number of nitrogens with zero attached hydrogens (tertiary/aromatic N) is 1. The van der Waals surface area contributed by atoms with Gasteiger partial charge in [0.2, 0.25) is 10.0 Å². The largest absolute Gasteiger partial charge is 0.315 e. The van der Waals surface area contributed by atoms with E-state index in [2.05, 4.69) is 12.2 Å². The average molecular weight is 290 g/mol. The normalized spacial score (nSPS) is 14.1. The molecule has 0 saturated carbocycles. The first-order chi connectivity index (χ1) is 8.43. The van der Waals surface area contributed by atoms with Gasteiger partial charge in [-0.05, 0) is 26.5 Å². The Balaban J connectivity index is 2.90. The van der Waals surface area contributed by atoms with E-state index < -0.39 is 10.0 Å². The highest BCUT2D eigenvalue weighted by Gasteiger charge is 2.25. The highest BCUT2D eigenvalue weighted by molar-refractivity contribution is 7.89. The van der Waals surface area contributed by atoms with Gasteiger partial charge in [-0.1, -0.05) is 13.3 Å². The zero-order valence-electron chi connectivity index (χ0n) is 11.4. The molecule has 0 aromatic carbocycles. The summed E-state index contributed by atoms with van der Waals surface area (Å²) < 4.78 is 26.2. The molecular weight excluding hydrogens is 268 g/mol. The van der Waals surface area contributed by atoms with Gasteiger partial charge in [0.05, 0.1) is 4.90 Å². The summed E-state index contributed by atoms with van der Waals surface area (Å²) in [6.07, 6.45) is 1.86. The maximum absolute atomic E-state index is 12.4. The minimum absolute atomic E-state index is 0.0349. The van der Waals surface area contributed by atoms with E-state index in [-0.39, 0.29) is 6.04 Å². The third kappa shape index (κ3) is 3.54. The van der Waals surface area contributed by atoms with Crippen LogP contribution in [0.3, 0.4) is 0 Å². The number of nitrogens with one attached hydrogen (secondary N) is 1. The van der Waals surface area contributed by atoms with Crippen molar-refractivity contribution in [1.29, 1.82) is 0 Å². The van der Waals surface area contributed by atoms with Crippen LogP contribution in [0.5, 0.6) is 0 Å². The zero-order chi connectivity index (χ0) is 13.8. The molecule has 1 unspecified atom stereocenters. The summed E-state index contributed by atoms with van der Waals surface area (Å²) in [6, 6.07) is 1.79. The van der Waals surface area contributed by atoms with Gasteiger partial charge in [-0.15, -0.1) is 11.3 Å². The fourth-order valence-electron chi connectivity index (χ4n) is 1.77. The van der Waals surface area contributed by atoms with Crippen molar-refractivity contribution in [3.8, 4) is 0 Å². The lowest BCUT2D eigenvalue weighted by molar-refractivity contribution is 0.369. The molecule has 1 rings (SSSR count). The third-order valence-electron chi connectivity index (χ3n) is 2.98. The molecule has 0 aliphatic heterocycles. The summed E-state index contributed by atoms with van der Waals surface area (Å²) >= 11 is 1.48. The lowest BCUT2D eigenvalue weighted by Gasteiger charge is -2.23. The predicted octanol–water partition coefficient (Wildman–Crippen LogP) is 2.28. The molecule has 1 N–H and O–H groups in total. The van der Waals surface area contributed by atoms with Crippen molar-refractivity contribution < 1.29 is 8.42 Å². The van der Waals surface area contributed by atoms with E-state index in [0.717, 1.165) is 17.7 Å². The second kappa shape index (κ2) is 6.65. The van der Waals surface area contributed by atoms with E-state index >= 15 is 0 Å². The van der Waals surface area contributed by atoms with E-state index in [1.165, 1.54) is 15.6 Å². The van der Waals surface area contributed by atoms with E-state index in [0.29, 0.717) is 11.4 Å². The Bertz CT molecular complexity index is 468. The van der Waals surface area contributed by atoms with Crippen molar-refractivity contribution in [2.45, 2.75) is 44.2 Å². The molecule has 1 atom stereocenters. The number of thiophene rings is 1. The Morgan fingerprint density at radius 2 is 2.17 bits per heavy atom. The smallest absolute Gasteiger partial charge is 0.243 e. The minimum atomic E-state index is -3.34. The van der Waals surface area contributed by atoms with Crippen molar-refractivity contribution in [3.63, 3.8) is 0 Å². The Labute approximate surface area is 114 Å². The lowest BCUT2D eigenvalue weighted by atomic mass is 10.2. The number of hydrogen-bond donors (Lipinski definition) is 1. The van der Waals surface area contributed by atoms with Crippen LogP contribution in [0.2, 0.25) is 0 Å². The highest BCUT2D eigenvalue weighted by Crippen LogP contribution is 2.23. The van der Waals surface area contributed by atoms with Crippen LogP contribution in [0.4, 0.5) is 0 Å². The first-order valence-electron chi connectivity index (χ1n) is 6.13. The van der Waals surface area contributed by atoms with Crippen LogP contribution in [0.1, 0.15) is 31.6 Å². The van der Waals surface area contributed by atoms with E-state index in [9.17, 15) is 8.42 Å². The first kappa shape index (κ1) is 15.6. The Morgan fingerprint density at radius 1 is 1.50 bits per heavy atom. The first-order valence-corrected chi connectivity index (χ1v) is 8.45. The molecule has 6 heteroatoms. The molecule has 18 heavy (non-hydrogen) atoms. The summed E-state index contributed by atoms with van der Waals surface area (Å²) in [5.41, 5.74) is 0. The third-order valence-corrected chi connectivity index (χ3v) is 6.02. The van der Waals surface area contributed by atoms with Crippen LogP contribution in [-0.4, -0.2) is 32.9 Å². The second-order valence-electron chi connectivity index (χ2n) is 4.44. The van der Waals surface area contributed by atoms with Gasteiger partial charge in [-0.3, -0.25) is 0 Å². The van der Waals surface area contributed by atoms with Gasteiger partial charge in [-0.2, -0.15) is 4.31 Å². The summed E-state index contributed by atoms with van der Waals surface area (Å²) in [5, 5.41) is 4.74. The molecule has 0 spiro atoms. The van der Waals surface area contributed by atoms with Crippen molar-refractivity contribution in [1.82, 2.24) is 9.62 Å². The molecule has 1 aromatic heterocycles. The van der Waals surface area contributed by atoms with E-state index in [1.807, 2.05) is 14.0 Å². The highest BCUT2D eigenvalue weighted by atomic mass is 32.2. The minimum Gasteiger partial charge on any atom is -0.315 e. The molecule has 4 nitrogen and oxygen atoms in total. The van der Waals surface area contributed by atoms with Crippen LogP contribution >= 0.6 is 11.3 Å². The monoisotopic (exact) mass is 290 g/mol. The molecule has 0 fully saturated rings. The van der Waals surface area contributed by atoms with Gasteiger partial charge in [0.15, 0.2) is 0 Å². The molecule has 0 bridgehead atoms. The SMILES string of the molecule is CCCC(C)N(C)S(=O)(=O)c1csc(CNC)c1. The fraction of sp³-hybridized carbons (Fsp3) is 0.667. The van der Waals surface area contributed by atoms with Crippen molar-refractivity contribution in [2.24, 2.45) is 0 Å². The van der Waals surface area contributed by atoms with Gasteiger partial charge in [0.1, 0.15) is 0 Å². The average Bonchev–Trinajstić information content (AvgIpc) is 2.78. The van der Waals surface area contributed by atoms with E-state index in [4.69, 9.17) is 0 Å². The molecule has 1 heterocycles. The molecule has 0 amide bonds. The Morgan fingerprint density at radius 3 is 2.72 bits per heavy atom. The lowest BCUT2D eigenvalue weighted by Crippen LogP contribution is -2.34. The van der Waals surface area contributed by atoms with Crippen molar-refractivity contribution in [2.75, 3.05) is 14.1 Å². The number of hydrogen-bond acceptors (Lipinski definition) is 4. The molecule has 0 aliphatic carbocycles. The molecule has 0 saturated heterocycles. The van der Waals surface area contributed by atoms with Crippen LogP contribution in [0.15, 0.2) is 16.3 Å². The molecule has 104 valence electrons. The summed E-state index contributed by atoms with van der Waals surface area (Å²) in [7, 11) is 0.166. The van der Waals surface area contributed by atoms with Crippen LogP contribution in [0.25, 0.3) is 0 Å². The molecule has 0 aliphatic rings. The summed E-state index contributed by atoms with van der Waals surface area (Å²) in [6.45, 7) is 4.71. The van der Waals surface area contributed by atoms with Crippen molar-refractivity contribution in [3.05, 3.63) is 16.3 Å². The molecule has 0 radical (unpaired) electrons. The van der Waals surface area contributed by atoms with Crippen LogP contribution in [-0.2, 0) is 16.6 Å². The maximum atomic E-state index is 12.4. The van der Waals surface area contributed by atoms with E-state index in [1.54, 1.807) is 18.5 Å². The van der Waals surface area contributed by atoms with Gasteiger partial charge in [0, 0.05) is 29.9 Å². The molecular formula is C12H22N2O2S2. The van der Waals surface area contributed by atoms with Gasteiger partial charge in [-0.25, -0.2) is 8.42 Å². The topological polar surface area (TPSA) is 49.4 Å². The van der Waals surface area contributed by atoms with Gasteiger partial charge >= 0.3 is 0 Å². The summed E-state index contributed by atoms with van der Waals surface area (Å²) in [5.74, 6) is 0. The fourth-order valence-corrected chi connectivity index (χ4v) is 4.43. The molecule has 1 aromatic rings. The maximum Gasteiger partial charge on any atom is 0.243 e. The number of rotatable bonds is 7. The second-order valence-corrected chi connectivity index (χ2v) is 7.43. The zero-order valence-corrected chi connectivity index (χ0v) is 13.1. The van der Waals surface area contributed by atoms with Crippen LogP contribution in [0, 0.1) is 0 Å². The predicted molar refractivity (Wildman–Crippen MR) is 76.4 cm³/mol. The Kier molecular flexibility index (Phi) is 5.78. The quantitative estimate of drug-likeness (QED) is 0.838. The number of sulfonamides is 1. The standard InChI is InChI=1S/C12H22N2O2S2/c1-5-6-10(2)14(4)18(15,16)12-7-11(8-13-3)17-9-12/h7,9-10,13H,5-6,8H2,1-4H3. The summed E-state index contributed by atoms with van der Waals surface area (Å²) in [4.78, 5) is 1.44. The van der Waals surface area contributed by atoms with Gasteiger partial charge in [0.25, 0.3) is 0 Å². The van der Waals surface area contributed by atoms with Gasteiger partial charge < -0.3 is 5.32 Å². The van der Waals surface area contributed by atoms with Crippen LogP contribution < -0.4 is 5.32 Å². The Hall–Kier alpha value is -0.430. The van der Waals surface area contributed by atoms with Crippen molar-refractivity contribution >= 4 is 21.4 Å².